The smallest absolute Gasteiger partial charge is 0.123 e. The zero-order valence-corrected chi connectivity index (χ0v) is 14.0. The van der Waals surface area contributed by atoms with Gasteiger partial charge in [0.15, 0.2) is 0 Å². The maximum absolute atomic E-state index is 13.2. The lowest BCUT2D eigenvalue weighted by molar-refractivity contribution is 0.220. The second-order valence-corrected chi connectivity index (χ2v) is 6.57. The number of rotatable bonds is 3. The number of halogens is 1. The summed E-state index contributed by atoms with van der Waals surface area (Å²) in [6.07, 6.45) is 3.17. The van der Waals surface area contributed by atoms with Crippen LogP contribution in [0.5, 0.6) is 5.75 Å². The first kappa shape index (κ1) is 15.9. The molecule has 3 aromatic rings. The molecule has 0 fully saturated rings. The quantitative estimate of drug-likeness (QED) is 0.771. The molecule has 4 rings (SSSR count). The van der Waals surface area contributed by atoms with E-state index in [1.807, 2.05) is 24.3 Å². The molecule has 2 heterocycles. The van der Waals surface area contributed by atoms with Crippen LogP contribution in [0.3, 0.4) is 0 Å². The van der Waals surface area contributed by atoms with Crippen LogP contribution in [0.2, 0.25) is 0 Å². The van der Waals surface area contributed by atoms with Crippen molar-refractivity contribution in [1.82, 2.24) is 9.47 Å². The number of aromatic nitrogens is 1. The molecule has 0 saturated carbocycles. The topological polar surface area (TPSA) is 28.4 Å². The van der Waals surface area contributed by atoms with Crippen LogP contribution in [-0.2, 0) is 13.1 Å². The highest BCUT2D eigenvalue weighted by Crippen LogP contribution is 2.34. The van der Waals surface area contributed by atoms with Crippen molar-refractivity contribution in [1.29, 1.82) is 0 Å². The van der Waals surface area contributed by atoms with E-state index in [4.69, 9.17) is 0 Å². The number of hydrogen-bond acceptors (Lipinski definition) is 2. The molecule has 0 amide bonds. The maximum atomic E-state index is 13.2. The van der Waals surface area contributed by atoms with Gasteiger partial charge < -0.3 is 9.67 Å². The number of fused-ring (bicyclic) bond motifs is 1. The summed E-state index contributed by atoms with van der Waals surface area (Å²) in [6, 6.07) is 18.5. The lowest BCUT2D eigenvalue weighted by Gasteiger charge is -2.30. The zero-order chi connectivity index (χ0) is 17.2. The van der Waals surface area contributed by atoms with Crippen LogP contribution in [0.4, 0.5) is 4.39 Å². The van der Waals surface area contributed by atoms with Crippen molar-refractivity contribution in [3.05, 3.63) is 89.5 Å². The van der Waals surface area contributed by atoms with Crippen LogP contribution in [0.25, 0.3) is 0 Å². The van der Waals surface area contributed by atoms with Crippen LogP contribution in [0.15, 0.2) is 66.9 Å². The predicted octanol–water partition coefficient (Wildman–Crippen LogP) is 4.33. The van der Waals surface area contributed by atoms with Crippen LogP contribution in [-0.4, -0.2) is 21.1 Å². The molecule has 2 aromatic carbocycles. The molecular weight excluding hydrogens is 315 g/mol. The first-order valence-electron chi connectivity index (χ1n) is 8.63. The van der Waals surface area contributed by atoms with Crippen molar-refractivity contribution in [2.45, 2.75) is 25.6 Å². The van der Waals surface area contributed by atoms with Gasteiger partial charge in [-0.2, -0.15) is 0 Å². The van der Waals surface area contributed by atoms with Crippen molar-refractivity contribution < 1.29 is 9.50 Å². The first-order valence-corrected chi connectivity index (χ1v) is 8.63. The zero-order valence-electron chi connectivity index (χ0n) is 14.0. The average Bonchev–Trinajstić information content (AvgIpc) is 2.98. The Morgan fingerprint density at radius 3 is 2.64 bits per heavy atom. The minimum Gasteiger partial charge on any atom is -0.508 e. The fourth-order valence-electron chi connectivity index (χ4n) is 3.71. The number of nitrogens with zero attached hydrogens (tertiary/aromatic N) is 2. The Labute approximate surface area is 147 Å². The molecule has 1 atom stereocenters. The molecule has 0 aliphatic carbocycles. The fourth-order valence-corrected chi connectivity index (χ4v) is 3.71. The SMILES string of the molecule is Oc1cccc(C2c3cccn3CCCN2Cc2ccc(F)cc2)c1. The van der Waals surface area contributed by atoms with Crippen molar-refractivity contribution >= 4 is 0 Å². The van der Waals surface area contributed by atoms with E-state index in [9.17, 15) is 9.50 Å². The van der Waals surface area contributed by atoms with E-state index in [0.717, 1.165) is 37.2 Å². The molecule has 0 saturated heterocycles. The summed E-state index contributed by atoms with van der Waals surface area (Å²) in [6.45, 7) is 2.67. The van der Waals surface area contributed by atoms with Gasteiger partial charge in [0, 0.05) is 31.5 Å². The molecule has 3 nitrogen and oxygen atoms in total. The van der Waals surface area contributed by atoms with Gasteiger partial charge in [0.05, 0.1) is 6.04 Å². The van der Waals surface area contributed by atoms with Gasteiger partial charge in [-0.15, -0.1) is 0 Å². The van der Waals surface area contributed by atoms with Crippen molar-refractivity contribution in [2.75, 3.05) is 6.54 Å². The van der Waals surface area contributed by atoms with Crippen molar-refractivity contribution in [3.8, 4) is 5.75 Å². The molecule has 1 unspecified atom stereocenters. The van der Waals surface area contributed by atoms with Gasteiger partial charge in [0.25, 0.3) is 0 Å². The molecule has 0 radical (unpaired) electrons. The lowest BCUT2D eigenvalue weighted by Crippen LogP contribution is -2.29. The summed E-state index contributed by atoms with van der Waals surface area (Å²) in [5.74, 6) is 0.0691. The van der Waals surface area contributed by atoms with E-state index in [1.54, 1.807) is 6.07 Å². The Hall–Kier alpha value is -2.59. The van der Waals surface area contributed by atoms with Gasteiger partial charge in [-0.05, 0) is 53.9 Å². The van der Waals surface area contributed by atoms with E-state index in [-0.39, 0.29) is 17.6 Å². The van der Waals surface area contributed by atoms with Crippen LogP contribution in [0, 0.1) is 5.82 Å². The first-order chi connectivity index (χ1) is 12.2. The highest BCUT2D eigenvalue weighted by Gasteiger charge is 2.27. The number of benzene rings is 2. The van der Waals surface area contributed by atoms with Gasteiger partial charge in [-0.1, -0.05) is 24.3 Å². The maximum Gasteiger partial charge on any atom is 0.123 e. The molecule has 0 bridgehead atoms. The second-order valence-electron chi connectivity index (χ2n) is 6.57. The third-order valence-electron chi connectivity index (χ3n) is 4.84. The molecule has 1 N–H and O–H groups in total. The van der Waals surface area contributed by atoms with Gasteiger partial charge in [0.2, 0.25) is 0 Å². The van der Waals surface area contributed by atoms with Crippen molar-refractivity contribution in [3.63, 3.8) is 0 Å². The fraction of sp³-hybridized carbons (Fsp3) is 0.238. The third-order valence-corrected chi connectivity index (χ3v) is 4.84. The Morgan fingerprint density at radius 2 is 1.84 bits per heavy atom. The van der Waals surface area contributed by atoms with Gasteiger partial charge in [-0.25, -0.2) is 4.39 Å². The van der Waals surface area contributed by atoms with Crippen molar-refractivity contribution in [2.24, 2.45) is 0 Å². The van der Waals surface area contributed by atoms with Crippen LogP contribution < -0.4 is 0 Å². The van der Waals surface area contributed by atoms with Crippen LogP contribution in [0.1, 0.15) is 29.3 Å². The number of aryl methyl sites for hydroxylation is 1. The van der Waals surface area contributed by atoms with Gasteiger partial charge in [0.1, 0.15) is 11.6 Å². The van der Waals surface area contributed by atoms with E-state index in [1.165, 1.54) is 17.8 Å². The number of hydrogen-bond donors (Lipinski definition) is 1. The van der Waals surface area contributed by atoms with E-state index in [0.29, 0.717) is 0 Å². The predicted molar refractivity (Wildman–Crippen MR) is 95.8 cm³/mol. The molecule has 128 valence electrons. The monoisotopic (exact) mass is 336 g/mol. The summed E-state index contributed by atoms with van der Waals surface area (Å²) in [4.78, 5) is 2.40. The molecule has 4 heteroatoms. The average molecular weight is 336 g/mol. The second kappa shape index (κ2) is 6.73. The number of phenolic OH excluding ortho intramolecular Hbond substituents is 1. The summed E-state index contributed by atoms with van der Waals surface area (Å²) < 4.78 is 15.5. The molecular formula is C21H21FN2O. The van der Waals surface area contributed by atoms with E-state index in [2.05, 4.69) is 33.9 Å². The van der Waals surface area contributed by atoms with Crippen LogP contribution >= 0.6 is 0 Å². The minimum absolute atomic E-state index is 0.0645. The standard InChI is InChI=1S/C21H21FN2O/c22-18-9-7-16(8-10-18)15-24-13-3-12-23-11-2-6-20(23)21(24)17-4-1-5-19(25)14-17/h1-2,4-11,14,21,25H,3,12-13,15H2. The Bertz CT molecular complexity index is 856. The van der Waals surface area contributed by atoms with Gasteiger partial charge >= 0.3 is 0 Å². The van der Waals surface area contributed by atoms with Gasteiger partial charge in [-0.3, -0.25) is 4.90 Å². The highest BCUT2D eigenvalue weighted by molar-refractivity contribution is 5.35. The Balaban J connectivity index is 1.74. The van der Waals surface area contributed by atoms with E-state index < -0.39 is 0 Å². The third kappa shape index (κ3) is 3.30. The summed E-state index contributed by atoms with van der Waals surface area (Å²) in [5.41, 5.74) is 3.39. The number of phenols is 1. The highest BCUT2D eigenvalue weighted by atomic mass is 19.1. The molecule has 0 spiro atoms. The normalized spacial score (nSPS) is 17.9. The Kier molecular flexibility index (Phi) is 4.28. The molecule has 1 aliphatic heterocycles. The Morgan fingerprint density at radius 1 is 1.00 bits per heavy atom. The number of aromatic hydroxyl groups is 1. The molecule has 1 aliphatic rings. The summed E-state index contributed by atoms with van der Waals surface area (Å²) in [7, 11) is 0. The largest absolute Gasteiger partial charge is 0.508 e. The minimum atomic E-state index is -0.210. The molecule has 1 aromatic heterocycles. The summed E-state index contributed by atoms with van der Waals surface area (Å²) >= 11 is 0. The molecule has 25 heavy (non-hydrogen) atoms. The van der Waals surface area contributed by atoms with E-state index >= 15 is 0 Å². The summed E-state index contributed by atoms with van der Waals surface area (Å²) in [5, 5.41) is 9.95. The lowest BCUT2D eigenvalue weighted by atomic mass is 10.0.